The van der Waals surface area contributed by atoms with Crippen LogP contribution in [-0.4, -0.2) is 42.5 Å². The number of rotatable bonds is 6. The van der Waals surface area contributed by atoms with Crippen LogP contribution in [0.5, 0.6) is 11.5 Å². The van der Waals surface area contributed by atoms with Crippen molar-refractivity contribution in [2.75, 3.05) is 26.7 Å². The molecular weight excluding hydrogens is 354 g/mol. The van der Waals surface area contributed by atoms with Crippen molar-refractivity contribution in [3.8, 4) is 22.8 Å². The van der Waals surface area contributed by atoms with Gasteiger partial charge in [0.15, 0.2) is 17.3 Å². The molecule has 0 aliphatic carbocycles. The van der Waals surface area contributed by atoms with Gasteiger partial charge in [0.25, 0.3) is 0 Å². The van der Waals surface area contributed by atoms with Crippen molar-refractivity contribution in [2.24, 2.45) is 0 Å². The number of aromatic hydroxyl groups is 1. The fourth-order valence-corrected chi connectivity index (χ4v) is 3.83. The Balaban J connectivity index is 1.50. The normalized spacial score (nSPS) is 15.0. The van der Waals surface area contributed by atoms with Gasteiger partial charge < -0.3 is 14.3 Å². The highest BCUT2D eigenvalue weighted by Crippen LogP contribution is 2.34. The SMILES string of the molecule is COc1cc(-c2cc3cc(CC(=O)CN4CCCCC4)ccc3o2)ccc1O. The summed E-state index contributed by atoms with van der Waals surface area (Å²) in [5.74, 6) is 1.46. The van der Waals surface area contributed by atoms with E-state index in [1.54, 1.807) is 18.2 Å². The molecule has 1 fully saturated rings. The van der Waals surface area contributed by atoms with Crippen LogP contribution in [0.1, 0.15) is 24.8 Å². The third-order valence-electron chi connectivity index (χ3n) is 5.29. The van der Waals surface area contributed by atoms with Gasteiger partial charge in [-0.15, -0.1) is 0 Å². The Bertz CT molecular complexity index is 985. The van der Waals surface area contributed by atoms with Crippen LogP contribution in [-0.2, 0) is 11.2 Å². The highest BCUT2D eigenvalue weighted by Gasteiger charge is 2.15. The van der Waals surface area contributed by atoms with E-state index in [-0.39, 0.29) is 11.5 Å². The molecule has 0 bridgehead atoms. The maximum absolute atomic E-state index is 12.4. The van der Waals surface area contributed by atoms with E-state index >= 15 is 0 Å². The number of nitrogens with zero attached hydrogens (tertiary/aromatic N) is 1. The van der Waals surface area contributed by atoms with Crippen molar-refractivity contribution in [1.29, 1.82) is 0 Å². The zero-order valence-corrected chi connectivity index (χ0v) is 16.1. The van der Waals surface area contributed by atoms with Gasteiger partial charge in [-0.3, -0.25) is 9.69 Å². The lowest BCUT2D eigenvalue weighted by Crippen LogP contribution is -2.35. The van der Waals surface area contributed by atoms with E-state index in [9.17, 15) is 9.90 Å². The van der Waals surface area contributed by atoms with Crippen LogP contribution in [0.3, 0.4) is 0 Å². The smallest absolute Gasteiger partial charge is 0.161 e. The topological polar surface area (TPSA) is 62.9 Å². The first-order chi connectivity index (χ1) is 13.6. The molecule has 0 spiro atoms. The highest BCUT2D eigenvalue weighted by atomic mass is 16.5. The number of methoxy groups -OCH3 is 1. The van der Waals surface area contributed by atoms with E-state index in [4.69, 9.17) is 9.15 Å². The molecule has 5 nitrogen and oxygen atoms in total. The first-order valence-corrected chi connectivity index (χ1v) is 9.76. The zero-order valence-electron chi connectivity index (χ0n) is 16.1. The Morgan fingerprint density at radius 3 is 2.71 bits per heavy atom. The summed E-state index contributed by atoms with van der Waals surface area (Å²) in [6, 6.07) is 13.0. The summed E-state index contributed by atoms with van der Waals surface area (Å²) in [5.41, 5.74) is 2.60. The molecule has 0 unspecified atom stereocenters. The molecule has 1 saturated heterocycles. The second kappa shape index (κ2) is 8.07. The van der Waals surface area contributed by atoms with Gasteiger partial charge in [-0.25, -0.2) is 0 Å². The van der Waals surface area contributed by atoms with Crippen LogP contribution in [0.25, 0.3) is 22.3 Å². The minimum Gasteiger partial charge on any atom is -0.504 e. The van der Waals surface area contributed by atoms with Crippen LogP contribution in [0.4, 0.5) is 0 Å². The number of phenolic OH excluding ortho intramolecular Hbond substituents is 1. The number of piperidine rings is 1. The Hall–Kier alpha value is -2.79. The standard InChI is InChI=1S/C23H25NO4/c1-27-23-13-17(6-7-20(23)26)22-14-18-11-16(5-8-21(18)28-22)12-19(25)15-24-9-3-2-4-10-24/h5-8,11,13-14,26H,2-4,9-10,12,15H2,1H3. The predicted octanol–water partition coefficient (Wildman–Crippen LogP) is 4.41. The molecule has 5 heteroatoms. The van der Waals surface area contributed by atoms with Crippen LogP contribution in [0.2, 0.25) is 0 Å². The van der Waals surface area contributed by atoms with Gasteiger partial charge in [0, 0.05) is 17.4 Å². The number of benzene rings is 2. The number of likely N-dealkylation sites (tertiary alicyclic amines) is 1. The number of fused-ring (bicyclic) bond motifs is 1. The molecule has 0 amide bonds. The number of carbonyl (C=O) groups excluding carboxylic acids is 1. The zero-order chi connectivity index (χ0) is 19.5. The lowest BCUT2D eigenvalue weighted by molar-refractivity contribution is -0.119. The van der Waals surface area contributed by atoms with E-state index in [0.29, 0.717) is 24.5 Å². The Morgan fingerprint density at radius 2 is 1.93 bits per heavy atom. The van der Waals surface area contributed by atoms with E-state index in [0.717, 1.165) is 35.2 Å². The molecule has 0 saturated carbocycles. The molecule has 0 radical (unpaired) electrons. The van der Waals surface area contributed by atoms with Crippen LogP contribution >= 0.6 is 0 Å². The predicted molar refractivity (Wildman–Crippen MR) is 109 cm³/mol. The van der Waals surface area contributed by atoms with Gasteiger partial charge >= 0.3 is 0 Å². The maximum Gasteiger partial charge on any atom is 0.161 e. The molecule has 4 rings (SSSR count). The van der Waals surface area contributed by atoms with Gasteiger partial charge in [-0.05, 0) is 67.9 Å². The molecule has 1 N–H and O–H groups in total. The van der Waals surface area contributed by atoms with Crippen molar-refractivity contribution >= 4 is 16.8 Å². The fraction of sp³-hybridized carbons (Fsp3) is 0.348. The van der Waals surface area contributed by atoms with Crippen molar-refractivity contribution in [3.63, 3.8) is 0 Å². The lowest BCUT2D eigenvalue weighted by atomic mass is 10.1. The second-order valence-corrected chi connectivity index (χ2v) is 7.42. The number of ether oxygens (including phenoxy) is 1. The molecule has 2 heterocycles. The molecule has 146 valence electrons. The number of furan rings is 1. The van der Waals surface area contributed by atoms with E-state index < -0.39 is 0 Å². The van der Waals surface area contributed by atoms with Crippen LogP contribution in [0.15, 0.2) is 46.9 Å². The third-order valence-corrected chi connectivity index (χ3v) is 5.29. The van der Waals surface area contributed by atoms with Crippen molar-refractivity contribution < 1.29 is 19.1 Å². The monoisotopic (exact) mass is 379 g/mol. The summed E-state index contributed by atoms with van der Waals surface area (Å²) < 4.78 is 11.1. The number of carbonyl (C=O) groups is 1. The summed E-state index contributed by atoms with van der Waals surface area (Å²) in [7, 11) is 1.52. The summed E-state index contributed by atoms with van der Waals surface area (Å²) in [6.45, 7) is 2.61. The summed E-state index contributed by atoms with van der Waals surface area (Å²) in [5, 5.41) is 10.7. The summed E-state index contributed by atoms with van der Waals surface area (Å²) in [6.07, 6.45) is 4.11. The average Bonchev–Trinajstić information content (AvgIpc) is 3.12. The summed E-state index contributed by atoms with van der Waals surface area (Å²) in [4.78, 5) is 14.7. The molecule has 0 atom stereocenters. The Morgan fingerprint density at radius 1 is 1.11 bits per heavy atom. The minimum absolute atomic E-state index is 0.0943. The number of Topliss-reactive ketones (excluding diaryl/α,β-unsaturated/α-hetero) is 1. The fourth-order valence-electron chi connectivity index (χ4n) is 3.83. The molecule has 3 aromatic rings. The number of ketones is 1. The number of hydrogen-bond donors (Lipinski definition) is 1. The third kappa shape index (κ3) is 4.04. The van der Waals surface area contributed by atoms with Crippen molar-refractivity contribution in [1.82, 2.24) is 4.90 Å². The van der Waals surface area contributed by atoms with Gasteiger partial charge in [-0.2, -0.15) is 0 Å². The minimum atomic E-state index is 0.0943. The van der Waals surface area contributed by atoms with Gasteiger partial charge in [0.2, 0.25) is 0 Å². The first kappa shape index (κ1) is 18.6. The quantitative estimate of drug-likeness (QED) is 0.687. The molecular formula is C23H25NO4. The largest absolute Gasteiger partial charge is 0.504 e. The van der Waals surface area contributed by atoms with E-state index in [1.165, 1.54) is 26.4 Å². The van der Waals surface area contributed by atoms with Gasteiger partial charge in [-0.1, -0.05) is 12.5 Å². The lowest BCUT2D eigenvalue weighted by Gasteiger charge is -2.25. The summed E-state index contributed by atoms with van der Waals surface area (Å²) >= 11 is 0. The number of hydrogen-bond acceptors (Lipinski definition) is 5. The second-order valence-electron chi connectivity index (χ2n) is 7.42. The molecule has 2 aromatic carbocycles. The van der Waals surface area contributed by atoms with Crippen molar-refractivity contribution in [2.45, 2.75) is 25.7 Å². The maximum atomic E-state index is 12.4. The Labute approximate surface area is 164 Å². The van der Waals surface area contributed by atoms with E-state index in [2.05, 4.69) is 4.90 Å². The van der Waals surface area contributed by atoms with Gasteiger partial charge in [0.1, 0.15) is 11.3 Å². The van der Waals surface area contributed by atoms with Crippen LogP contribution in [0, 0.1) is 0 Å². The average molecular weight is 379 g/mol. The molecule has 1 aromatic heterocycles. The van der Waals surface area contributed by atoms with E-state index in [1.807, 2.05) is 24.3 Å². The first-order valence-electron chi connectivity index (χ1n) is 9.76. The molecule has 28 heavy (non-hydrogen) atoms. The van der Waals surface area contributed by atoms with Crippen molar-refractivity contribution in [3.05, 3.63) is 48.0 Å². The highest BCUT2D eigenvalue weighted by molar-refractivity contribution is 5.87. The Kier molecular flexibility index (Phi) is 5.35. The molecule has 1 aliphatic heterocycles. The van der Waals surface area contributed by atoms with Crippen LogP contribution < -0.4 is 4.74 Å². The molecule has 1 aliphatic rings. The number of phenols is 1. The van der Waals surface area contributed by atoms with Gasteiger partial charge in [0.05, 0.1) is 13.7 Å².